The van der Waals surface area contributed by atoms with Crippen molar-refractivity contribution in [1.29, 1.82) is 0 Å². The molecule has 4 N–H and O–H groups in total. The first-order valence-corrected chi connectivity index (χ1v) is 4.86. The lowest BCUT2D eigenvalue weighted by Crippen LogP contribution is -2.30. The molecule has 0 aliphatic heterocycles. The van der Waals surface area contributed by atoms with Gasteiger partial charge in [0.2, 0.25) is 0 Å². The Hall–Kier alpha value is -2.68. The zero-order valence-corrected chi connectivity index (χ0v) is 9.04. The largest absolute Gasteiger partial charge is 0.359 e. The van der Waals surface area contributed by atoms with Crippen LogP contribution in [0.1, 0.15) is 16.2 Å². The summed E-state index contributed by atoms with van der Waals surface area (Å²) in [5.41, 5.74) is 0.836. The zero-order valence-electron chi connectivity index (χ0n) is 9.04. The van der Waals surface area contributed by atoms with Crippen molar-refractivity contribution in [3.8, 4) is 0 Å². The molecule has 2 heterocycles. The number of hydrogen-bond acceptors (Lipinski definition) is 6. The number of H-pyrrole nitrogens is 1. The lowest BCUT2D eigenvalue weighted by molar-refractivity contribution is 0.0944. The van der Waals surface area contributed by atoms with E-state index in [0.29, 0.717) is 0 Å². The summed E-state index contributed by atoms with van der Waals surface area (Å²) >= 11 is 0. The summed E-state index contributed by atoms with van der Waals surface area (Å²) in [6.07, 6.45) is 1.31. The molecule has 0 aliphatic rings. The van der Waals surface area contributed by atoms with E-state index in [2.05, 4.69) is 10.1 Å². The third-order valence-corrected chi connectivity index (χ3v) is 2.15. The summed E-state index contributed by atoms with van der Waals surface area (Å²) < 4.78 is 6.06. The number of hydrazine groups is 1. The number of carbonyl (C=O) groups excluding carboxylic acids is 1. The van der Waals surface area contributed by atoms with Gasteiger partial charge in [0.05, 0.1) is 6.54 Å². The summed E-state index contributed by atoms with van der Waals surface area (Å²) in [6.45, 7) is 0.0421. The minimum atomic E-state index is -0.598. The monoisotopic (exact) mass is 251 g/mol. The number of amides is 1. The van der Waals surface area contributed by atoms with E-state index in [0.717, 1.165) is 0 Å². The van der Waals surface area contributed by atoms with E-state index in [1.54, 1.807) is 0 Å². The van der Waals surface area contributed by atoms with Gasteiger partial charge in [0.25, 0.3) is 11.5 Å². The molecule has 2 aromatic rings. The molecule has 0 aromatic carbocycles. The van der Waals surface area contributed by atoms with Crippen LogP contribution in [0.25, 0.3) is 0 Å². The van der Waals surface area contributed by atoms with Gasteiger partial charge >= 0.3 is 5.69 Å². The molecule has 0 aliphatic carbocycles. The summed E-state index contributed by atoms with van der Waals surface area (Å²) in [5.74, 6) is 4.61. The Bertz CT molecular complexity index is 683. The van der Waals surface area contributed by atoms with E-state index in [9.17, 15) is 14.4 Å². The topological polar surface area (TPSA) is 136 Å². The van der Waals surface area contributed by atoms with Crippen LogP contribution in [0.2, 0.25) is 0 Å². The molecule has 0 saturated carbocycles. The van der Waals surface area contributed by atoms with Crippen LogP contribution in [0.4, 0.5) is 0 Å². The quantitative estimate of drug-likeness (QED) is 0.333. The fourth-order valence-electron chi connectivity index (χ4n) is 1.31. The van der Waals surface area contributed by atoms with Gasteiger partial charge in [0, 0.05) is 18.3 Å². The molecule has 0 saturated heterocycles. The fourth-order valence-corrected chi connectivity index (χ4v) is 1.31. The minimum absolute atomic E-state index is 0.00461. The second kappa shape index (κ2) is 4.67. The van der Waals surface area contributed by atoms with Crippen LogP contribution in [-0.2, 0) is 6.54 Å². The minimum Gasteiger partial charge on any atom is -0.359 e. The second-order valence-corrected chi connectivity index (χ2v) is 3.39. The molecule has 0 fully saturated rings. The normalized spacial score (nSPS) is 10.3. The number of nitrogens with zero attached hydrogens (tertiary/aromatic N) is 2. The molecule has 2 rings (SSSR count). The fraction of sp³-hybridized carbons (Fsp3) is 0.111. The van der Waals surface area contributed by atoms with Gasteiger partial charge in [0.1, 0.15) is 0 Å². The Morgan fingerprint density at radius 2 is 2.33 bits per heavy atom. The molecule has 9 nitrogen and oxygen atoms in total. The van der Waals surface area contributed by atoms with Crippen molar-refractivity contribution < 1.29 is 9.32 Å². The number of aromatic nitrogens is 3. The highest BCUT2D eigenvalue weighted by molar-refractivity contribution is 5.91. The Balaban J connectivity index is 2.24. The lowest BCUT2D eigenvalue weighted by Gasteiger charge is -1.99. The Morgan fingerprint density at radius 1 is 1.56 bits per heavy atom. The van der Waals surface area contributed by atoms with E-state index in [4.69, 9.17) is 10.4 Å². The molecule has 94 valence electrons. The Kier molecular flexibility index (Phi) is 3.06. The molecule has 0 radical (unpaired) electrons. The maximum absolute atomic E-state index is 11.4. The van der Waals surface area contributed by atoms with Gasteiger partial charge in [0.15, 0.2) is 11.5 Å². The summed E-state index contributed by atoms with van der Waals surface area (Å²) in [4.78, 5) is 35.4. The second-order valence-electron chi connectivity index (χ2n) is 3.39. The van der Waals surface area contributed by atoms with Crippen LogP contribution < -0.4 is 22.5 Å². The Labute approximate surface area is 99.2 Å². The molecule has 9 heteroatoms. The average molecular weight is 251 g/mol. The van der Waals surface area contributed by atoms with Gasteiger partial charge in [-0.05, 0) is 0 Å². The summed E-state index contributed by atoms with van der Waals surface area (Å²) in [6, 6.07) is 2.55. The van der Waals surface area contributed by atoms with Crippen LogP contribution in [0.3, 0.4) is 0 Å². The molecule has 2 aromatic heterocycles. The van der Waals surface area contributed by atoms with Crippen molar-refractivity contribution in [2.75, 3.05) is 0 Å². The molecule has 0 atom stereocenters. The van der Waals surface area contributed by atoms with Crippen molar-refractivity contribution in [2.24, 2.45) is 5.84 Å². The smallest absolute Gasteiger partial charge is 0.328 e. The maximum atomic E-state index is 11.4. The Morgan fingerprint density at radius 3 is 3.00 bits per heavy atom. The predicted molar refractivity (Wildman–Crippen MR) is 58.6 cm³/mol. The number of aromatic amines is 1. The third-order valence-electron chi connectivity index (χ3n) is 2.15. The first kappa shape index (κ1) is 11.8. The van der Waals surface area contributed by atoms with Gasteiger partial charge in [-0.1, -0.05) is 5.16 Å². The molecular formula is C9H9N5O4. The number of nitrogens with one attached hydrogen (secondary N) is 2. The standard InChI is InChI=1S/C9H9N5O4/c10-12-8(16)6-3-5(18-13-6)4-14-2-1-7(15)11-9(14)17/h1-3H,4,10H2,(H,12,16)(H,11,15,17). The first-order chi connectivity index (χ1) is 8.60. The van der Waals surface area contributed by atoms with Crippen molar-refractivity contribution in [2.45, 2.75) is 6.54 Å². The number of rotatable bonds is 3. The first-order valence-electron chi connectivity index (χ1n) is 4.86. The predicted octanol–water partition coefficient (Wildman–Crippen LogP) is -1.82. The molecule has 0 unspecified atom stereocenters. The van der Waals surface area contributed by atoms with Crippen molar-refractivity contribution in [3.63, 3.8) is 0 Å². The zero-order chi connectivity index (χ0) is 13.1. The van der Waals surface area contributed by atoms with E-state index >= 15 is 0 Å². The van der Waals surface area contributed by atoms with E-state index < -0.39 is 17.2 Å². The molecule has 0 bridgehead atoms. The van der Waals surface area contributed by atoms with Gasteiger partial charge in [-0.2, -0.15) is 0 Å². The van der Waals surface area contributed by atoms with E-state index in [1.165, 1.54) is 22.9 Å². The van der Waals surface area contributed by atoms with Crippen molar-refractivity contribution >= 4 is 5.91 Å². The van der Waals surface area contributed by atoms with Crippen LogP contribution in [-0.4, -0.2) is 20.6 Å². The number of hydrogen-bond donors (Lipinski definition) is 3. The van der Waals surface area contributed by atoms with Gasteiger partial charge in [-0.3, -0.25) is 24.6 Å². The average Bonchev–Trinajstić information content (AvgIpc) is 2.80. The summed E-state index contributed by atoms with van der Waals surface area (Å²) in [5, 5.41) is 3.48. The van der Waals surface area contributed by atoms with E-state index in [1.807, 2.05) is 5.43 Å². The van der Waals surface area contributed by atoms with Crippen LogP contribution in [0.5, 0.6) is 0 Å². The van der Waals surface area contributed by atoms with Crippen LogP contribution >= 0.6 is 0 Å². The van der Waals surface area contributed by atoms with Crippen LogP contribution in [0.15, 0.2) is 32.4 Å². The van der Waals surface area contributed by atoms with Gasteiger partial charge in [-0.25, -0.2) is 10.6 Å². The number of nitrogen functional groups attached to an aromatic ring is 1. The molecule has 0 spiro atoms. The maximum Gasteiger partial charge on any atom is 0.328 e. The van der Waals surface area contributed by atoms with Crippen LogP contribution in [0, 0.1) is 0 Å². The lowest BCUT2D eigenvalue weighted by atomic mass is 10.3. The molecule has 1 amide bonds. The third kappa shape index (κ3) is 2.35. The highest BCUT2D eigenvalue weighted by Crippen LogP contribution is 2.04. The SMILES string of the molecule is NNC(=O)c1cc(Cn2ccc(=O)[nH]c2=O)on1. The molecular weight excluding hydrogens is 242 g/mol. The summed E-state index contributed by atoms with van der Waals surface area (Å²) in [7, 11) is 0. The number of carbonyl (C=O) groups is 1. The highest BCUT2D eigenvalue weighted by Gasteiger charge is 2.11. The highest BCUT2D eigenvalue weighted by atomic mass is 16.5. The number of nitrogens with two attached hydrogens (primary N) is 1. The van der Waals surface area contributed by atoms with Gasteiger partial charge < -0.3 is 4.52 Å². The van der Waals surface area contributed by atoms with E-state index in [-0.39, 0.29) is 18.0 Å². The van der Waals surface area contributed by atoms with Gasteiger partial charge in [-0.15, -0.1) is 0 Å². The van der Waals surface area contributed by atoms with Crippen molar-refractivity contribution in [1.82, 2.24) is 20.1 Å². The molecule has 18 heavy (non-hydrogen) atoms. The van der Waals surface area contributed by atoms with Crippen molar-refractivity contribution in [3.05, 3.63) is 50.6 Å².